The first-order valence-electron chi connectivity index (χ1n) is 7.80. The van der Waals surface area contributed by atoms with Crippen molar-refractivity contribution in [1.82, 2.24) is 0 Å². The zero-order valence-electron chi connectivity index (χ0n) is 14.0. The fraction of sp³-hybridized carbons (Fsp3) is 0.238. The van der Waals surface area contributed by atoms with Crippen LogP contribution in [0.4, 0.5) is 0 Å². The molecule has 2 aromatic rings. The van der Waals surface area contributed by atoms with Crippen molar-refractivity contribution in [3.8, 4) is 5.75 Å². The summed E-state index contributed by atoms with van der Waals surface area (Å²) in [5, 5.41) is 10.2. The van der Waals surface area contributed by atoms with Crippen LogP contribution in [-0.4, -0.2) is 18.8 Å². The van der Waals surface area contributed by atoms with E-state index in [1.165, 1.54) is 5.57 Å². The van der Waals surface area contributed by atoms with Gasteiger partial charge in [0.2, 0.25) is 0 Å². The summed E-state index contributed by atoms with van der Waals surface area (Å²) < 4.78 is 5.31. The molecular formula is C21H24O2. The van der Waals surface area contributed by atoms with Crippen molar-refractivity contribution in [3.05, 3.63) is 76.9 Å². The Hall–Kier alpha value is -2.32. The van der Waals surface area contributed by atoms with Crippen molar-refractivity contribution in [1.29, 1.82) is 0 Å². The van der Waals surface area contributed by atoms with Crippen LogP contribution in [0.3, 0.4) is 0 Å². The van der Waals surface area contributed by atoms with Gasteiger partial charge in [0, 0.05) is 7.11 Å². The highest BCUT2D eigenvalue weighted by Gasteiger charge is 2.04. The van der Waals surface area contributed by atoms with Crippen molar-refractivity contribution in [3.63, 3.8) is 0 Å². The largest absolute Gasteiger partial charge is 0.508 e. The predicted molar refractivity (Wildman–Crippen MR) is 97.4 cm³/mol. The molecule has 0 saturated heterocycles. The molecule has 0 aliphatic rings. The molecule has 0 unspecified atom stereocenters. The second-order valence-corrected chi connectivity index (χ2v) is 5.84. The molecule has 0 fully saturated rings. The maximum atomic E-state index is 10.2. The molecule has 120 valence electrons. The molecule has 1 N–H and O–H groups in total. The Balaban J connectivity index is 2.29. The molecule has 0 aliphatic carbocycles. The normalized spacial score (nSPS) is 11.3. The number of allylic oxidation sites excluding steroid dienone is 2. The molecule has 0 saturated carbocycles. The van der Waals surface area contributed by atoms with E-state index >= 15 is 0 Å². The van der Waals surface area contributed by atoms with Gasteiger partial charge >= 0.3 is 0 Å². The standard InChI is InChI=1S/C21H24O2/c1-16(2)9-11-19-12-10-17(14-21(19)22)13-20(15-23-3)18-7-5-4-6-8-18/h4-10,12-14,22H,11,15H2,1-3H3/b20-13-. The zero-order chi connectivity index (χ0) is 16.7. The van der Waals surface area contributed by atoms with Gasteiger partial charge in [0.1, 0.15) is 5.75 Å². The molecule has 2 heteroatoms. The summed E-state index contributed by atoms with van der Waals surface area (Å²) in [5.74, 6) is 0.334. The lowest BCUT2D eigenvalue weighted by Gasteiger charge is -2.08. The molecular weight excluding hydrogens is 284 g/mol. The SMILES string of the molecule is COC/C(=C/c1ccc(CC=C(C)C)c(O)c1)c1ccccc1. The molecule has 0 heterocycles. The van der Waals surface area contributed by atoms with Crippen molar-refractivity contribution in [2.24, 2.45) is 0 Å². The Morgan fingerprint density at radius 2 is 1.83 bits per heavy atom. The highest BCUT2D eigenvalue weighted by atomic mass is 16.5. The minimum atomic E-state index is 0.334. The quantitative estimate of drug-likeness (QED) is 0.595. The van der Waals surface area contributed by atoms with Crippen LogP contribution in [0.2, 0.25) is 0 Å². The smallest absolute Gasteiger partial charge is 0.119 e. The van der Waals surface area contributed by atoms with Gasteiger partial charge in [-0.25, -0.2) is 0 Å². The molecule has 0 bridgehead atoms. The number of hydrogen-bond donors (Lipinski definition) is 1. The number of phenols is 1. The summed E-state index contributed by atoms with van der Waals surface area (Å²) in [5.41, 5.74) is 5.38. The van der Waals surface area contributed by atoms with E-state index in [-0.39, 0.29) is 0 Å². The lowest BCUT2D eigenvalue weighted by Crippen LogP contribution is -1.94. The molecule has 0 atom stereocenters. The average Bonchev–Trinajstić information content (AvgIpc) is 2.54. The van der Waals surface area contributed by atoms with Crippen LogP contribution in [0.1, 0.15) is 30.5 Å². The van der Waals surface area contributed by atoms with Gasteiger partial charge in [-0.2, -0.15) is 0 Å². The van der Waals surface area contributed by atoms with Crippen LogP contribution < -0.4 is 0 Å². The Labute approximate surface area is 138 Å². The first-order valence-corrected chi connectivity index (χ1v) is 7.80. The van der Waals surface area contributed by atoms with Crippen LogP contribution in [0.5, 0.6) is 5.75 Å². The van der Waals surface area contributed by atoms with Gasteiger partial charge in [-0.05, 0) is 54.7 Å². The van der Waals surface area contributed by atoms with Gasteiger partial charge < -0.3 is 9.84 Å². The van der Waals surface area contributed by atoms with E-state index in [0.29, 0.717) is 12.4 Å². The third kappa shape index (κ3) is 5.11. The number of ether oxygens (including phenoxy) is 1. The van der Waals surface area contributed by atoms with Crippen LogP contribution >= 0.6 is 0 Å². The minimum absolute atomic E-state index is 0.334. The summed E-state index contributed by atoms with van der Waals surface area (Å²) in [6.07, 6.45) is 4.93. The van der Waals surface area contributed by atoms with Crippen LogP contribution in [0.25, 0.3) is 11.6 Å². The Kier molecular flexibility index (Phi) is 6.19. The molecule has 23 heavy (non-hydrogen) atoms. The number of rotatable bonds is 6. The maximum Gasteiger partial charge on any atom is 0.119 e. The van der Waals surface area contributed by atoms with E-state index in [4.69, 9.17) is 4.74 Å². The molecule has 0 aliphatic heterocycles. The minimum Gasteiger partial charge on any atom is -0.508 e. The zero-order valence-corrected chi connectivity index (χ0v) is 14.0. The third-order valence-corrected chi connectivity index (χ3v) is 3.62. The van der Waals surface area contributed by atoms with Crippen LogP contribution in [-0.2, 0) is 11.2 Å². The molecule has 0 amide bonds. The van der Waals surface area contributed by atoms with E-state index in [1.807, 2.05) is 36.4 Å². The molecule has 2 aromatic carbocycles. The number of methoxy groups -OCH3 is 1. The first-order chi connectivity index (χ1) is 11.1. The Bertz CT molecular complexity index is 693. The lowest BCUT2D eigenvalue weighted by atomic mass is 10.0. The predicted octanol–water partition coefficient (Wildman–Crippen LogP) is 5.09. The van der Waals surface area contributed by atoms with Gasteiger partial charge in [0.25, 0.3) is 0 Å². The summed E-state index contributed by atoms with van der Waals surface area (Å²) in [6, 6.07) is 16.0. The number of phenolic OH excluding ortho intramolecular Hbond substituents is 1. The van der Waals surface area contributed by atoms with E-state index in [2.05, 4.69) is 38.1 Å². The van der Waals surface area contributed by atoms with Gasteiger partial charge in [0.05, 0.1) is 6.61 Å². The van der Waals surface area contributed by atoms with Gasteiger partial charge in [-0.1, -0.05) is 54.1 Å². The monoisotopic (exact) mass is 308 g/mol. The molecule has 0 aromatic heterocycles. The summed E-state index contributed by atoms with van der Waals surface area (Å²) in [7, 11) is 1.69. The molecule has 0 spiro atoms. The van der Waals surface area contributed by atoms with Gasteiger partial charge in [0.15, 0.2) is 0 Å². The summed E-state index contributed by atoms with van der Waals surface area (Å²) in [6.45, 7) is 4.65. The van der Waals surface area contributed by atoms with Crippen molar-refractivity contribution < 1.29 is 9.84 Å². The van der Waals surface area contributed by atoms with E-state index in [9.17, 15) is 5.11 Å². The Morgan fingerprint density at radius 3 is 2.43 bits per heavy atom. The molecule has 2 nitrogen and oxygen atoms in total. The first kappa shape index (κ1) is 17.0. The molecule has 0 radical (unpaired) electrons. The molecule has 2 rings (SSSR count). The van der Waals surface area contributed by atoms with Crippen LogP contribution in [0.15, 0.2) is 60.2 Å². The highest BCUT2D eigenvalue weighted by molar-refractivity contribution is 5.82. The fourth-order valence-electron chi connectivity index (χ4n) is 2.37. The number of hydrogen-bond acceptors (Lipinski definition) is 2. The summed E-state index contributed by atoms with van der Waals surface area (Å²) in [4.78, 5) is 0. The van der Waals surface area contributed by atoms with Crippen molar-refractivity contribution >= 4 is 11.6 Å². The van der Waals surface area contributed by atoms with E-state index in [0.717, 1.165) is 28.7 Å². The van der Waals surface area contributed by atoms with E-state index < -0.39 is 0 Å². The van der Waals surface area contributed by atoms with Crippen molar-refractivity contribution in [2.75, 3.05) is 13.7 Å². The second-order valence-electron chi connectivity index (χ2n) is 5.84. The lowest BCUT2D eigenvalue weighted by molar-refractivity contribution is 0.240. The second kappa shape index (κ2) is 8.35. The summed E-state index contributed by atoms with van der Waals surface area (Å²) >= 11 is 0. The maximum absolute atomic E-state index is 10.2. The topological polar surface area (TPSA) is 29.5 Å². The van der Waals surface area contributed by atoms with Gasteiger partial charge in [-0.15, -0.1) is 0 Å². The van der Waals surface area contributed by atoms with Gasteiger partial charge in [-0.3, -0.25) is 0 Å². The van der Waals surface area contributed by atoms with Crippen molar-refractivity contribution in [2.45, 2.75) is 20.3 Å². The third-order valence-electron chi connectivity index (χ3n) is 3.62. The fourth-order valence-corrected chi connectivity index (χ4v) is 2.37. The number of benzene rings is 2. The highest BCUT2D eigenvalue weighted by Crippen LogP contribution is 2.24. The number of aromatic hydroxyl groups is 1. The Morgan fingerprint density at radius 1 is 1.09 bits per heavy atom. The average molecular weight is 308 g/mol. The van der Waals surface area contributed by atoms with E-state index in [1.54, 1.807) is 7.11 Å². The van der Waals surface area contributed by atoms with Crippen LogP contribution in [0, 0.1) is 0 Å².